The summed E-state index contributed by atoms with van der Waals surface area (Å²) in [4.78, 5) is 0. The first-order valence-electron chi connectivity index (χ1n) is 5.45. The Morgan fingerprint density at radius 2 is 1.36 bits per heavy atom. The van der Waals surface area contributed by atoms with Gasteiger partial charge in [-0.05, 0) is 38.5 Å². The number of hydrogen-bond donors (Lipinski definition) is 0. The SMILES string of the molecule is [CH]1CC=CCC=CC=CC=CCCC1. The second-order valence-corrected chi connectivity index (χ2v) is 3.40. The fraction of sp³-hybridized carbons (Fsp3) is 0.357. The highest BCUT2D eigenvalue weighted by atomic mass is 13.9. The summed E-state index contributed by atoms with van der Waals surface area (Å²) in [6, 6.07) is 0. The van der Waals surface area contributed by atoms with Crippen LogP contribution in [0.2, 0.25) is 0 Å². The van der Waals surface area contributed by atoms with E-state index in [4.69, 9.17) is 0 Å². The Kier molecular flexibility index (Phi) is 6.74. The number of hydrogen-bond acceptors (Lipinski definition) is 0. The lowest BCUT2D eigenvalue weighted by molar-refractivity contribution is 0.811. The lowest BCUT2D eigenvalue weighted by Crippen LogP contribution is -1.76. The van der Waals surface area contributed by atoms with Gasteiger partial charge in [-0.25, -0.2) is 0 Å². The van der Waals surface area contributed by atoms with Crippen molar-refractivity contribution in [2.45, 2.75) is 32.1 Å². The van der Waals surface area contributed by atoms with E-state index in [1.165, 1.54) is 19.3 Å². The Labute approximate surface area is 87.7 Å². The fourth-order valence-corrected chi connectivity index (χ4v) is 1.33. The molecule has 1 aliphatic rings. The molecule has 0 saturated carbocycles. The maximum atomic E-state index is 2.36. The van der Waals surface area contributed by atoms with Crippen LogP contribution in [0, 0.1) is 6.42 Å². The Morgan fingerprint density at radius 1 is 0.571 bits per heavy atom. The lowest BCUT2D eigenvalue weighted by Gasteiger charge is -1.94. The van der Waals surface area contributed by atoms with Crippen LogP contribution >= 0.6 is 0 Å². The van der Waals surface area contributed by atoms with Gasteiger partial charge in [0.1, 0.15) is 0 Å². The van der Waals surface area contributed by atoms with Crippen molar-refractivity contribution in [1.29, 1.82) is 0 Å². The van der Waals surface area contributed by atoms with Crippen molar-refractivity contribution in [2.24, 2.45) is 0 Å². The van der Waals surface area contributed by atoms with E-state index >= 15 is 0 Å². The minimum absolute atomic E-state index is 1.04. The average Bonchev–Trinajstić information content (AvgIpc) is 2.22. The van der Waals surface area contributed by atoms with Crippen LogP contribution in [0.25, 0.3) is 0 Å². The van der Waals surface area contributed by atoms with Gasteiger partial charge in [0.25, 0.3) is 0 Å². The average molecular weight is 187 g/mol. The molecule has 1 aliphatic carbocycles. The smallest absolute Gasteiger partial charge is 0.0166 e. The van der Waals surface area contributed by atoms with Gasteiger partial charge < -0.3 is 0 Å². The van der Waals surface area contributed by atoms with Crippen molar-refractivity contribution in [3.05, 3.63) is 55.0 Å². The molecule has 0 aromatic heterocycles. The van der Waals surface area contributed by atoms with E-state index in [-0.39, 0.29) is 0 Å². The minimum atomic E-state index is 1.04. The Morgan fingerprint density at radius 3 is 2.29 bits per heavy atom. The van der Waals surface area contributed by atoms with Crippen LogP contribution in [0.1, 0.15) is 32.1 Å². The molecular weight excluding hydrogens is 168 g/mol. The molecule has 14 heavy (non-hydrogen) atoms. The largest absolute Gasteiger partial charge is 0.0879 e. The van der Waals surface area contributed by atoms with Gasteiger partial charge in [-0.15, -0.1) is 0 Å². The predicted molar refractivity (Wildman–Crippen MR) is 63.9 cm³/mol. The van der Waals surface area contributed by atoms with Crippen LogP contribution < -0.4 is 0 Å². The van der Waals surface area contributed by atoms with Crippen LogP contribution in [0.15, 0.2) is 48.6 Å². The van der Waals surface area contributed by atoms with Crippen molar-refractivity contribution in [2.75, 3.05) is 0 Å². The monoisotopic (exact) mass is 187 g/mol. The maximum Gasteiger partial charge on any atom is -0.0166 e. The van der Waals surface area contributed by atoms with E-state index < -0.39 is 0 Å². The van der Waals surface area contributed by atoms with Crippen molar-refractivity contribution >= 4 is 0 Å². The Balaban J connectivity index is 2.36. The van der Waals surface area contributed by atoms with Gasteiger partial charge >= 0.3 is 0 Å². The quantitative estimate of drug-likeness (QED) is 0.494. The second kappa shape index (κ2) is 8.55. The van der Waals surface area contributed by atoms with Crippen LogP contribution in [0.5, 0.6) is 0 Å². The van der Waals surface area contributed by atoms with Crippen LogP contribution in [0.4, 0.5) is 0 Å². The summed E-state index contributed by atoms with van der Waals surface area (Å²) in [5.74, 6) is 0. The van der Waals surface area contributed by atoms with Gasteiger partial charge in [0, 0.05) is 0 Å². The van der Waals surface area contributed by atoms with Gasteiger partial charge in [-0.1, -0.05) is 48.6 Å². The van der Waals surface area contributed by atoms with Gasteiger partial charge in [0.05, 0.1) is 0 Å². The molecule has 0 N–H and O–H groups in total. The molecule has 1 radical (unpaired) electrons. The Bertz CT molecular complexity index is 228. The third-order valence-corrected chi connectivity index (χ3v) is 2.13. The maximum absolute atomic E-state index is 2.36. The summed E-state index contributed by atoms with van der Waals surface area (Å²) in [6.45, 7) is 0. The Hall–Kier alpha value is -1.04. The highest BCUT2D eigenvalue weighted by Gasteiger charge is 1.85. The molecule has 0 amide bonds. The van der Waals surface area contributed by atoms with E-state index in [1.807, 2.05) is 0 Å². The van der Waals surface area contributed by atoms with E-state index in [1.54, 1.807) is 0 Å². The van der Waals surface area contributed by atoms with Gasteiger partial charge in [-0.2, -0.15) is 0 Å². The first-order chi connectivity index (χ1) is 7.00. The molecule has 0 bridgehead atoms. The molecule has 0 spiro atoms. The molecule has 0 aromatic carbocycles. The molecule has 0 aromatic rings. The summed E-state index contributed by atoms with van der Waals surface area (Å²) in [5, 5.41) is 0. The van der Waals surface area contributed by atoms with Crippen LogP contribution in [-0.4, -0.2) is 0 Å². The third-order valence-electron chi connectivity index (χ3n) is 2.13. The van der Waals surface area contributed by atoms with Crippen molar-refractivity contribution in [3.8, 4) is 0 Å². The highest BCUT2D eigenvalue weighted by molar-refractivity contribution is 5.12. The molecule has 0 nitrogen and oxygen atoms in total. The normalized spacial score (nSPS) is 19.4. The molecule has 0 heterocycles. The van der Waals surface area contributed by atoms with Crippen LogP contribution in [-0.2, 0) is 0 Å². The predicted octanol–water partition coefficient (Wildman–Crippen LogP) is 4.38. The number of rotatable bonds is 0. The molecule has 0 unspecified atom stereocenters. The topological polar surface area (TPSA) is 0 Å². The van der Waals surface area contributed by atoms with Crippen molar-refractivity contribution < 1.29 is 0 Å². The van der Waals surface area contributed by atoms with E-state index in [9.17, 15) is 0 Å². The van der Waals surface area contributed by atoms with Gasteiger partial charge in [0.15, 0.2) is 0 Å². The molecule has 0 saturated heterocycles. The zero-order valence-electron chi connectivity index (χ0n) is 8.73. The van der Waals surface area contributed by atoms with Crippen molar-refractivity contribution in [1.82, 2.24) is 0 Å². The minimum Gasteiger partial charge on any atom is -0.0879 e. The van der Waals surface area contributed by atoms with Gasteiger partial charge in [-0.3, -0.25) is 0 Å². The molecule has 0 fully saturated rings. The highest BCUT2D eigenvalue weighted by Crippen LogP contribution is 2.04. The van der Waals surface area contributed by atoms with Crippen molar-refractivity contribution in [3.63, 3.8) is 0 Å². The number of allylic oxidation sites excluding steroid dienone is 8. The summed E-state index contributed by atoms with van der Waals surface area (Å²) < 4.78 is 0. The molecular formula is C14H19. The molecule has 1 rings (SSSR count). The molecule has 0 aliphatic heterocycles. The van der Waals surface area contributed by atoms with E-state index in [2.05, 4.69) is 55.0 Å². The fourth-order valence-electron chi connectivity index (χ4n) is 1.33. The lowest BCUT2D eigenvalue weighted by atomic mass is 10.1. The summed E-state index contributed by atoms with van der Waals surface area (Å²) in [6.07, 6.45) is 25.5. The van der Waals surface area contributed by atoms with E-state index in [0.29, 0.717) is 0 Å². The second-order valence-electron chi connectivity index (χ2n) is 3.40. The molecule has 0 heteroatoms. The summed E-state index contributed by atoms with van der Waals surface area (Å²) >= 11 is 0. The third kappa shape index (κ3) is 6.47. The zero-order chi connectivity index (χ0) is 9.90. The standard InChI is InChI=1S/C14H19/c1-2-4-6-8-10-12-14-13-11-9-7-5-3-1/h1-6,9,11,14H,7-8,10,12-13H2. The van der Waals surface area contributed by atoms with Gasteiger partial charge in [0.2, 0.25) is 0 Å². The summed E-state index contributed by atoms with van der Waals surface area (Å²) in [7, 11) is 0. The summed E-state index contributed by atoms with van der Waals surface area (Å²) in [5.41, 5.74) is 0. The van der Waals surface area contributed by atoms with E-state index in [0.717, 1.165) is 12.8 Å². The molecule has 0 atom stereocenters. The first-order valence-corrected chi connectivity index (χ1v) is 5.45. The molecule has 75 valence electrons. The van der Waals surface area contributed by atoms with Crippen LogP contribution in [0.3, 0.4) is 0 Å². The first kappa shape index (κ1) is 11.0. The zero-order valence-corrected chi connectivity index (χ0v) is 8.73.